The fraction of sp³-hybridized carbons (Fsp3) is 0.625. The molecule has 2 aliphatic heterocycles. The number of primary amides is 1. The molecule has 1 amide bonds. The molecule has 32 heavy (non-hydrogen) atoms. The number of ether oxygens (including phenoxy) is 1. The average Bonchev–Trinajstić information content (AvgIpc) is 2.73. The molecule has 0 radical (unpaired) electrons. The summed E-state index contributed by atoms with van der Waals surface area (Å²) in [5, 5.41) is 0. The number of hydrogen-bond donors (Lipinski definition) is 1. The van der Waals surface area contributed by atoms with Gasteiger partial charge in [-0.1, -0.05) is 49.3 Å². The van der Waals surface area contributed by atoms with Gasteiger partial charge in [-0.25, -0.2) is 0 Å². The smallest absolute Gasteiger partial charge is 0.410 e. The Hall–Kier alpha value is -1.73. The number of halogens is 4. The molecule has 8 heteroatoms. The average molecular weight is 473 g/mol. The van der Waals surface area contributed by atoms with Crippen molar-refractivity contribution in [3.8, 4) is 0 Å². The molecule has 0 bridgehead atoms. The summed E-state index contributed by atoms with van der Waals surface area (Å²) in [5.41, 5.74) is 4.28. The zero-order valence-electron chi connectivity index (χ0n) is 18.2. The van der Waals surface area contributed by atoms with Crippen molar-refractivity contribution in [2.75, 3.05) is 6.54 Å². The second-order valence-corrected chi connectivity index (χ2v) is 9.47. The Morgan fingerprint density at radius 3 is 2.59 bits per heavy atom. The number of hydrogen-bond acceptors (Lipinski definition) is 3. The molecule has 4 aliphatic rings. The highest BCUT2D eigenvalue weighted by Gasteiger charge is 2.51. The summed E-state index contributed by atoms with van der Waals surface area (Å²) in [6.45, 7) is 1.04. The number of alkyl halides is 3. The number of carbonyl (C=O) groups excluding carboxylic acids is 1. The Labute approximate surface area is 193 Å². The van der Waals surface area contributed by atoms with Gasteiger partial charge in [0.2, 0.25) is 5.91 Å². The van der Waals surface area contributed by atoms with Gasteiger partial charge in [0.15, 0.2) is 0 Å². The van der Waals surface area contributed by atoms with Gasteiger partial charge in [-0.3, -0.25) is 9.69 Å². The van der Waals surface area contributed by atoms with Crippen LogP contribution in [0.3, 0.4) is 0 Å². The largest absolute Gasteiger partial charge is 0.572 e. The maximum Gasteiger partial charge on any atom is 0.572 e. The lowest BCUT2D eigenvalue weighted by Gasteiger charge is -2.54. The third kappa shape index (κ3) is 5.09. The Kier molecular flexibility index (Phi) is 7.50. The van der Waals surface area contributed by atoms with Crippen molar-refractivity contribution in [1.29, 1.82) is 0 Å². The number of nitrogens with two attached hydrogens (primary N) is 1. The summed E-state index contributed by atoms with van der Waals surface area (Å²) >= 11 is 0. The molecule has 0 spiro atoms. The van der Waals surface area contributed by atoms with Gasteiger partial charge in [0.1, 0.15) is 5.76 Å². The zero-order chi connectivity index (χ0) is 22.1. The molecule has 2 saturated heterocycles. The van der Waals surface area contributed by atoms with Crippen LogP contribution in [0.5, 0.6) is 0 Å². The number of fused-ring (bicyclic) bond motifs is 1. The van der Waals surface area contributed by atoms with Crippen LogP contribution in [-0.4, -0.2) is 35.8 Å². The van der Waals surface area contributed by atoms with Gasteiger partial charge in [-0.2, -0.15) is 0 Å². The van der Waals surface area contributed by atoms with Gasteiger partial charge in [-0.15, -0.1) is 25.6 Å². The number of nitrogens with zero attached hydrogens (tertiary/aromatic N) is 1. The van der Waals surface area contributed by atoms with Crippen LogP contribution in [0, 0.1) is 10.8 Å². The van der Waals surface area contributed by atoms with E-state index in [0.29, 0.717) is 12.5 Å². The minimum Gasteiger partial charge on any atom is -0.410 e. The quantitative estimate of drug-likeness (QED) is 0.570. The van der Waals surface area contributed by atoms with Gasteiger partial charge in [-0.05, 0) is 51.1 Å². The number of allylic oxidation sites excluding steroid dienone is 6. The van der Waals surface area contributed by atoms with Crippen LogP contribution >= 0.6 is 12.4 Å². The molecule has 4 rings (SSSR count). The highest BCUT2D eigenvalue weighted by atomic mass is 35.5. The molecule has 0 saturated carbocycles. The van der Waals surface area contributed by atoms with E-state index in [0.717, 1.165) is 32.2 Å². The van der Waals surface area contributed by atoms with Gasteiger partial charge in [0.25, 0.3) is 0 Å². The van der Waals surface area contributed by atoms with Gasteiger partial charge in [0.05, 0.1) is 5.41 Å². The minimum atomic E-state index is -4.80. The van der Waals surface area contributed by atoms with Crippen molar-refractivity contribution in [3.05, 3.63) is 48.3 Å². The van der Waals surface area contributed by atoms with Crippen LogP contribution in [0.25, 0.3) is 0 Å². The Balaban J connectivity index is 0.00000289. The molecule has 0 aromatic rings. The molecule has 2 N–H and O–H groups in total. The first-order valence-corrected chi connectivity index (χ1v) is 11.3. The lowest BCUT2D eigenvalue weighted by molar-refractivity contribution is -0.307. The third-order valence-corrected chi connectivity index (χ3v) is 7.49. The van der Waals surface area contributed by atoms with Crippen molar-refractivity contribution in [1.82, 2.24) is 4.90 Å². The van der Waals surface area contributed by atoms with Gasteiger partial charge >= 0.3 is 6.36 Å². The summed E-state index contributed by atoms with van der Waals surface area (Å²) in [4.78, 5) is 15.3. The van der Waals surface area contributed by atoms with E-state index in [1.165, 1.54) is 31.4 Å². The monoisotopic (exact) mass is 472 g/mol. The predicted octanol–water partition coefficient (Wildman–Crippen LogP) is 5.56. The maximum absolute atomic E-state index is 12.9. The van der Waals surface area contributed by atoms with Crippen molar-refractivity contribution in [2.45, 2.75) is 76.2 Å². The third-order valence-electron chi connectivity index (χ3n) is 7.49. The van der Waals surface area contributed by atoms with Gasteiger partial charge in [0, 0.05) is 23.9 Å². The maximum atomic E-state index is 12.9. The standard InChI is InChI=1S/C24H31F3N2O2.ClH/c25-24(26,27)31-19-10-7-14-23(16-19,21(28)30)17-22(12-3-1-4-13-22)20-11-6-9-18-8-2-5-15-29(18)20;/h1,3-4,7,10,12,14,18,20H,2,5-6,8-9,11,13,15-17H2,(H2,28,30);1H. The van der Waals surface area contributed by atoms with Crippen LogP contribution in [-0.2, 0) is 9.53 Å². The summed E-state index contributed by atoms with van der Waals surface area (Å²) in [5.74, 6) is -0.868. The van der Waals surface area contributed by atoms with Gasteiger partial charge < -0.3 is 10.5 Å². The molecule has 4 atom stereocenters. The van der Waals surface area contributed by atoms with E-state index < -0.39 is 17.7 Å². The number of amides is 1. The first kappa shape index (κ1) is 24.9. The van der Waals surface area contributed by atoms with Crippen LogP contribution in [0.15, 0.2) is 48.3 Å². The molecule has 4 unspecified atom stereocenters. The first-order valence-electron chi connectivity index (χ1n) is 11.3. The van der Waals surface area contributed by atoms with Crippen molar-refractivity contribution in [3.63, 3.8) is 0 Å². The Bertz CT molecular complexity index is 821. The summed E-state index contributed by atoms with van der Waals surface area (Å²) in [7, 11) is 0. The van der Waals surface area contributed by atoms with E-state index in [9.17, 15) is 18.0 Å². The topological polar surface area (TPSA) is 55.6 Å². The molecule has 2 heterocycles. The number of carbonyl (C=O) groups is 1. The summed E-state index contributed by atoms with van der Waals surface area (Å²) in [6.07, 6.45) is 15.8. The van der Waals surface area contributed by atoms with E-state index in [2.05, 4.69) is 21.8 Å². The van der Waals surface area contributed by atoms with E-state index in [1.807, 2.05) is 12.2 Å². The second kappa shape index (κ2) is 9.64. The van der Waals surface area contributed by atoms with E-state index >= 15 is 0 Å². The normalized spacial score (nSPS) is 34.9. The first-order chi connectivity index (χ1) is 14.7. The van der Waals surface area contributed by atoms with Crippen molar-refractivity contribution >= 4 is 18.3 Å². The molecular formula is C24H32ClF3N2O2. The fourth-order valence-electron chi connectivity index (χ4n) is 6.20. The van der Waals surface area contributed by atoms with Crippen LogP contribution < -0.4 is 5.73 Å². The highest BCUT2D eigenvalue weighted by Crippen LogP contribution is 2.52. The van der Waals surface area contributed by atoms with Crippen molar-refractivity contribution in [2.24, 2.45) is 16.6 Å². The Morgan fingerprint density at radius 2 is 1.91 bits per heavy atom. The summed E-state index contributed by atoms with van der Waals surface area (Å²) < 4.78 is 42.8. The lowest BCUT2D eigenvalue weighted by atomic mass is 9.60. The predicted molar refractivity (Wildman–Crippen MR) is 120 cm³/mol. The van der Waals surface area contributed by atoms with Crippen LogP contribution in [0.4, 0.5) is 13.2 Å². The fourth-order valence-corrected chi connectivity index (χ4v) is 6.20. The van der Waals surface area contributed by atoms with Crippen LogP contribution in [0.1, 0.15) is 57.8 Å². The molecular weight excluding hydrogens is 441 g/mol. The van der Waals surface area contributed by atoms with E-state index in [-0.39, 0.29) is 36.0 Å². The second-order valence-electron chi connectivity index (χ2n) is 9.47. The van der Waals surface area contributed by atoms with E-state index in [1.54, 1.807) is 6.08 Å². The molecule has 0 aromatic heterocycles. The van der Waals surface area contributed by atoms with Crippen LogP contribution in [0.2, 0.25) is 0 Å². The van der Waals surface area contributed by atoms with E-state index in [4.69, 9.17) is 5.73 Å². The molecule has 2 aliphatic carbocycles. The zero-order valence-corrected chi connectivity index (χ0v) is 19.0. The molecule has 4 nitrogen and oxygen atoms in total. The minimum absolute atomic E-state index is 0. The lowest BCUT2D eigenvalue weighted by Crippen LogP contribution is -2.57. The SMILES string of the molecule is Cl.NC(=O)C1(CC2(C3CCCC4CCCCN43)C=CC=CC2)C=CC=C(OC(F)(F)F)C1. The number of piperidine rings is 2. The summed E-state index contributed by atoms with van der Waals surface area (Å²) in [6, 6.07) is 0.800. The molecule has 178 valence electrons. The van der Waals surface area contributed by atoms with Crippen molar-refractivity contribution < 1.29 is 22.7 Å². The number of rotatable bonds is 5. The molecule has 2 fully saturated rings. The highest BCUT2D eigenvalue weighted by molar-refractivity contribution is 5.85. The Morgan fingerprint density at radius 1 is 1.12 bits per heavy atom. The molecule has 0 aromatic carbocycles.